The van der Waals surface area contributed by atoms with Gasteiger partial charge in [0.25, 0.3) is 0 Å². The molecule has 2 unspecified atom stereocenters. The molecular formula is C17H19NO4. The second-order valence-electron chi connectivity index (χ2n) is 7.26. The van der Waals surface area contributed by atoms with E-state index in [1.807, 2.05) is 13.1 Å². The van der Waals surface area contributed by atoms with Crippen LogP contribution in [0.4, 0.5) is 0 Å². The summed E-state index contributed by atoms with van der Waals surface area (Å²) >= 11 is 0. The highest BCUT2D eigenvalue weighted by atomic mass is 16.5. The van der Waals surface area contributed by atoms with Gasteiger partial charge >= 0.3 is 0 Å². The number of phenolic OH excluding ortho intramolecular Hbond substituents is 1. The van der Waals surface area contributed by atoms with Gasteiger partial charge in [0, 0.05) is 18.0 Å². The highest BCUT2D eigenvalue weighted by Gasteiger charge is 2.72. The molecule has 4 aliphatic rings. The fourth-order valence-electron chi connectivity index (χ4n) is 5.54. The number of phenols is 1. The smallest absolute Gasteiger partial charge is 0.174 e. The third kappa shape index (κ3) is 1.13. The Balaban J connectivity index is 1.88. The van der Waals surface area contributed by atoms with Crippen molar-refractivity contribution in [3.05, 3.63) is 23.3 Å². The van der Waals surface area contributed by atoms with Crippen molar-refractivity contribution in [2.45, 2.75) is 48.8 Å². The quantitative estimate of drug-likeness (QED) is 0.740. The SMILES string of the molecule is CN1CC[C@]23c4c5ccc(O)c4OC2C(=O)CC[C@@]3(O)C1C5. The average molecular weight is 301 g/mol. The number of piperidine rings is 1. The summed E-state index contributed by atoms with van der Waals surface area (Å²) in [7, 11) is 2.04. The Hall–Kier alpha value is -1.59. The van der Waals surface area contributed by atoms with E-state index in [2.05, 4.69) is 4.90 Å². The third-order valence-corrected chi connectivity index (χ3v) is 6.53. The minimum atomic E-state index is -0.954. The number of benzene rings is 1. The molecule has 0 aromatic heterocycles. The van der Waals surface area contributed by atoms with E-state index in [-0.39, 0.29) is 17.6 Å². The molecule has 1 saturated heterocycles. The highest BCUT2D eigenvalue weighted by Crippen LogP contribution is 2.64. The predicted octanol–water partition coefficient (Wildman–Crippen LogP) is 0.745. The summed E-state index contributed by atoms with van der Waals surface area (Å²) in [5.74, 6) is 0.561. The van der Waals surface area contributed by atoms with Gasteiger partial charge in [-0.1, -0.05) is 6.07 Å². The molecule has 5 nitrogen and oxygen atoms in total. The van der Waals surface area contributed by atoms with Crippen molar-refractivity contribution in [1.29, 1.82) is 0 Å². The van der Waals surface area contributed by atoms with Crippen molar-refractivity contribution >= 4 is 5.78 Å². The maximum atomic E-state index is 12.5. The Morgan fingerprint density at radius 1 is 1.36 bits per heavy atom. The molecule has 0 radical (unpaired) electrons. The lowest BCUT2D eigenvalue weighted by molar-refractivity contribution is -0.185. The van der Waals surface area contributed by atoms with E-state index < -0.39 is 17.1 Å². The second kappa shape index (κ2) is 3.66. The molecule has 1 aromatic rings. The number of carbonyl (C=O) groups is 1. The Morgan fingerprint density at radius 3 is 3.00 bits per heavy atom. The fourth-order valence-corrected chi connectivity index (χ4v) is 5.54. The maximum absolute atomic E-state index is 12.5. The standard InChI is InChI=1S/C17H19NO4/c1-18-7-6-16-13-9-2-3-10(19)14(13)22-15(16)11(20)4-5-17(16,21)12(18)8-9/h2-3,12,15,19,21H,4-8H2,1H3/t12?,15?,16-,17+/m0/s1. The van der Waals surface area contributed by atoms with Gasteiger partial charge in [-0.3, -0.25) is 4.79 Å². The molecule has 0 amide bonds. The van der Waals surface area contributed by atoms with Crippen molar-refractivity contribution in [1.82, 2.24) is 4.90 Å². The van der Waals surface area contributed by atoms with Gasteiger partial charge in [-0.05, 0) is 44.5 Å². The summed E-state index contributed by atoms with van der Waals surface area (Å²) in [6, 6.07) is 3.57. The summed E-state index contributed by atoms with van der Waals surface area (Å²) in [5.41, 5.74) is 0.370. The average Bonchev–Trinajstić information content (AvgIpc) is 2.85. The second-order valence-corrected chi connectivity index (χ2v) is 7.26. The van der Waals surface area contributed by atoms with Crippen LogP contribution in [0.1, 0.15) is 30.4 Å². The number of likely N-dealkylation sites (tertiary alicyclic amines) is 1. The van der Waals surface area contributed by atoms with E-state index in [0.717, 1.165) is 24.1 Å². The van der Waals surface area contributed by atoms with Crippen molar-refractivity contribution < 1.29 is 19.7 Å². The van der Waals surface area contributed by atoms with Crippen molar-refractivity contribution in [3.63, 3.8) is 0 Å². The molecule has 2 bridgehead atoms. The molecule has 2 aliphatic carbocycles. The lowest BCUT2D eigenvalue weighted by Crippen LogP contribution is -2.76. The number of Topliss-reactive ketones (excluding diaryl/α,β-unsaturated/α-hetero) is 1. The van der Waals surface area contributed by atoms with Gasteiger partial charge in [-0.25, -0.2) is 0 Å². The van der Waals surface area contributed by atoms with Gasteiger partial charge in [0.05, 0.1) is 11.0 Å². The number of hydrogen-bond acceptors (Lipinski definition) is 5. The zero-order valence-electron chi connectivity index (χ0n) is 12.5. The number of ketones is 1. The Kier molecular flexibility index (Phi) is 2.15. The number of hydrogen-bond donors (Lipinski definition) is 2. The Labute approximate surface area is 128 Å². The number of rotatable bonds is 0. The largest absolute Gasteiger partial charge is 0.504 e. The van der Waals surface area contributed by atoms with Gasteiger partial charge in [0.2, 0.25) is 0 Å². The molecular weight excluding hydrogens is 282 g/mol. The van der Waals surface area contributed by atoms with Crippen molar-refractivity contribution in [2.24, 2.45) is 0 Å². The van der Waals surface area contributed by atoms with Crippen LogP contribution in [0.25, 0.3) is 0 Å². The lowest BCUT2D eigenvalue weighted by atomic mass is 9.49. The number of nitrogens with zero attached hydrogens (tertiary/aromatic N) is 1. The first-order valence-corrected chi connectivity index (χ1v) is 7.96. The molecule has 2 heterocycles. The minimum Gasteiger partial charge on any atom is -0.504 e. The first-order chi connectivity index (χ1) is 10.5. The minimum absolute atomic E-state index is 0.00319. The summed E-state index contributed by atoms with van der Waals surface area (Å²) in [6.07, 6.45) is 1.61. The number of aliphatic hydroxyl groups is 1. The van der Waals surface area contributed by atoms with Crippen LogP contribution in [0.3, 0.4) is 0 Å². The topological polar surface area (TPSA) is 70.0 Å². The van der Waals surface area contributed by atoms with Crippen LogP contribution in [0.2, 0.25) is 0 Å². The summed E-state index contributed by atoms with van der Waals surface area (Å²) in [5, 5.41) is 21.8. The van der Waals surface area contributed by atoms with Crippen molar-refractivity contribution in [2.75, 3.05) is 13.6 Å². The van der Waals surface area contributed by atoms with Gasteiger partial charge in [-0.2, -0.15) is 0 Å². The molecule has 1 spiro atoms. The summed E-state index contributed by atoms with van der Waals surface area (Å²) < 4.78 is 5.94. The Bertz CT molecular complexity index is 717. The monoisotopic (exact) mass is 301 g/mol. The van der Waals surface area contributed by atoms with Crippen LogP contribution < -0.4 is 4.74 Å². The molecule has 22 heavy (non-hydrogen) atoms. The summed E-state index contributed by atoms with van der Waals surface area (Å²) in [6.45, 7) is 0.828. The van der Waals surface area contributed by atoms with E-state index in [9.17, 15) is 15.0 Å². The van der Waals surface area contributed by atoms with Crippen LogP contribution in [-0.2, 0) is 16.6 Å². The molecule has 1 saturated carbocycles. The van der Waals surface area contributed by atoms with E-state index in [0.29, 0.717) is 25.0 Å². The van der Waals surface area contributed by atoms with Crippen LogP contribution in [0.5, 0.6) is 11.5 Å². The predicted molar refractivity (Wildman–Crippen MR) is 78.1 cm³/mol. The van der Waals surface area contributed by atoms with E-state index >= 15 is 0 Å². The van der Waals surface area contributed by atoms with Crippen molar-refractivity contribution in [3.8, 4) is 11.5 Å². The number of likely N-dealkylation sites (N-methyl/N-ethyl adjacent to an activating group) is 1. The highest BCUT2D eigenvalue weighted by molar-refractivity contribution is 5.90. The molecule has 2 N–H and O–H groups in total. The molecule has 5 heteroatoms. The number of ether oxygens (including phenoxy) is 1. The molecule has 1 aromatic carbocycles. The Morgan fingerprint density at radius 2 is 2.18 bits per heavy atom. The maximum Gasteiger partial charge on any atom is 0.174 e. The van der Waals surface area contributed by atoms with E-state index in [1.165, 1.54) is 0 Å². The van der Waals surface area contributed by atoms with Gasteiger partial charge in [0.1, 0.15) is 0 Å². The van der Waals surface area contributed by atoms with Crippen LogP contribution >= 0.6 is 0 Å². The molecule has 2 fully saturated rings. The van der Waals surface area contributed by atoms with Gasteiger partial charge < -0.3 is 19.8 Å². The van der Waals surface area contributed by atoms with Crippen LogP contribution in [0.15, 0.2) is 12.1 Å². The molecule has 116 valence electrons. The molecule has 2 aliphatic heterocycles. The zero-order chi connectivity index (χ0) is 15.3. The first-order valence-electron chi connectivity index (χ1n) is 7.96. The van der Waals surface area contributed by atoms with Crippen LogP contribution in [0, 0.1) is 0 Å². The van der Waals surface area contributed by atoms with Gasteiger partial charge in [-0.15, -0.1) is 0 Å². The van der Waals surface area contributed by atoms with E-state index in [4.69, 9.17) is 4.74 Å². The first kappa shape index (κ1) is 12.9. The van der Waals surface area contributed by atoms with Crippen LogP contribution in [-0.4, -0.2) is 52.2 Å². The fraction of sp³-hybridized carbons (Fsp3) is 0.588. The number of carbonyl (C=O) groups excluding carboxylic acids is 1. The van der Waals surface area contributed by atoms with Gasteiger partial charge in [0.15, 0.2) is 23.4 Å². The number of aromatic hydroxyl groups is 1. The molecule has 4 atom stereocenters. The zero-order valence-corrected chi connectivity index (χ0v) is 12.5. The summed E-state index contributed by atoms with van der Waals surface area (Å²) in [4.78, 5) is 14.7. The lowest BCUT2D eigenvalue weighted by Gasteiger charge is -2.61. The normalized spacial score (nSPS) is 42.0. The van der Waals surface area contributed by atoms with E-state index in [1.54, 1.807) is 6.07 Å². The molecule has 5 rings (SSSR count). The third-order valence-electron chi connectivity index (χ3n) is 6.53.